The molecule has 0 bridgehead atoms. The highest BCUT2D eigenvalue weighted by Crippen LogP contribution is 2.32. The van der Waals surface area contributed by atoms with Gasteiger partial charge in [0.05, 0.1) is 18.5 Å². The summed E-state index contributed by atoms with van der Waals surface area (Å²) in [7, 11) is -0.855. The number of rotatable bonds is 15. The van der Waals surface area contributed by atoms with E-state index in [0.29, 0.717) is 22.3 Å². The van der Waals surface area contributed by atoms with Crippen molar-refractivity contribution in [1.82, 2.24) is 15.5 Å². The average Bonchev–Trinajstić information content (AvgIpc) is 3.13. The van der Waals surface area contributed by atoms with Gasteiger partial charge in [0.15, 0.2) is 0 Å². The highest BCUT2D eigenvalue weighted by atomic mass is 32.2. The lowest BCUT2D eigenvalue weighted by Crippen LogP contribution is -2.72. The van der Waals surface area contributed by atoms with Gasteiger partial charge in [0.1, 0.15) is 36.4 Å². The van der Waals surface area contributed by atoms with E-state index in [4.69, 9.17) is 9.47 Å². The Morgan fingerprint density at radius 1 is 0.902 bits per heavy atom. The minimum absolute atomic E-state index is 0.0705. The molecule has 0 saturated carbocycles. The summed E-state index contributed by atoms with van der Waals surface area (Å²) in [4.78, 5) is 77.0. The highest BCUT2D eigenvalue weighted by Gasteiger charge is 2.55. The maximum Gasteiger partial charge on any atom is 0.408 e. The Morgan fingerprint density at radius 2 is 1.49 bits per heavy atom. The van der Waals surface area contributed by atoms with Gasteiger partial charge in [0.2, 0.25) is 5.91 Å². The molecule has 51 heavy (non-hydrogen) atoms. The van der Waals surface area contributed by atoms with E-state index in [9.17, 15) is 38.3 Å². The van der Waals surface area contributed by atoms with Crippen LogP contribution in [-0.4, -0.2) is 68.2 Å². The maximum absolute atomic E-state index is 13.8. The molecule has 4 unspecified atom stereocenters. The fraction of sp³-hybridized carbons (Fsp3) is 0.286. The Morgan fingerprint density at radius 3 is 2.08 bits per heavy atom. The summed E-state index contributed by atoms with van der Waals surface area (Å²) in [6.45, 7) is 2.70. The van der Waals surface area contributed by atoms with E-state index in [1.807, 2.05) is 6.07 Å². The number of ether oxygens (including phenoxy) is 3. The predicted octanol–water partition coefficient (Wildman–Crippen LogP) is 3.56. The van der Waals surface area contributed by atoms with Crippen LogP contribution in [0.3, 0.4) is 0 Å². The first kappa shape index (κ1) is 37.9. The lowest BCUT2D eigenvalue weighted by Gasteiger charge is -2.47. The van der Waals surface area contributed by atoms with Gasteiger partial charge in [-0.2, -0.15) is 0 Å². The molecule has 1 aliphatic rings. The molecule has 3 aromatic carbocycles. The fourth-order valence-electron chi connectivity index (χ4n) is 5.05. The van der Waals surface area contributed by atoms with Crippen LogP contribution >= 0.6 is 0 Å². The molecule has 0 aliphatic carbocycles. The third kappa shape index (κ3) is 9.85. The second-order valence-electron chi connectivity index (χ2n) is 11.4. The van der Waals surface area contributed by atoms with Crippen molar-refractivity contribution < 1.29 is 47.3 Å². The summed E-state index contributed by atoms with van der Waals surface area (Å²) >= 11 is 0. The quantitative estimate of drug-likeness (QED) is 0.0581. The number of carbonyl (C=O) groups is 5. The average molecular weight is 721 g/mol. The number of hydrogen-bond donors (Lipinski definition) is 2. The minimum Gasteiger partial charge on any atom is -0.469 e. The number of β-lactam (4-membered cyclic amide) rings is 1. The number of nitrogens with one attached hydrogen (secondary N) is 2. The topological polar surface area (TPSA) is 201 Å². The van der Waals surface area contributed by atoms with Crippen LogP contribution in [0, 0.1) is 10.1 Å². The highest BCUT2D eigenvalue weighted by molar-refractivity contribution is 7.85. The molecule has 1 aliphatic heterocycles. The summed E-state index contributed by atoms with van der Waals surface area (Å²) in [5.74, 6) is -3.50. The normalized spacial score (nSPS) is 16.1. The summed E-state index contributed by atoms with van der Waals surface area (Å²) < 4.78 is 29.1. The number of allylic oxidation sites excluding steroid dienone is 1. The van der Waals surface area contributed by atoms with Gasteiger partial charge in [0, 0.05) is 28.7 Å². The molecular weight excluding hydrogens is 684 g/mol. The number of nitro benzene ring substituents is 1. The number of nitro groups is 1. The fourth-order valence-corrected chi connectivity index (χ4v) is 6.59. The molecule has 0 spiro atoms. The molecule has 1 saturated heterocycles. The predicted molar refractivity (Wildman–Crippen MR) is 182 cm³/mol. The number of non-ortho nitro benzene ring substituents is 1. The van der Waals surface area contributed by atoms with Crippen LogP contribution in [0.15, 0.2) is 96.2 Å². The van der Waals surface area contributed by atoms with Crippen LogP contribution in [0.4, 0.5) is 10.5 Å². The molecule has 3 amide bonds. The van der Waals surface area contributed by atoms with Gasteiger partial charge < -0.3 is 24.8 Å². The Kier molecular flexibility index (Phi) is 13.1. The maximum atomic E-state index is 13.8. The van der Waals surface area contributed by atoms with E-state index in [2.05, 4.69) is 15.4 Å². The molecule has 0 aromatic heterocycles. The van der Waals surface area contributed by atoms with Gasteiger partial charge in [0.25, 0.3) is 11.6 Å². The van der Waals surface area contributed by atoms with Gasteiger partial charge >= 0.3 is 18.0 Å². The smallest absolute Gasteiger partial charge is 0.408 e. The molecule has 0 radical (unpaired) electrons. The minimum atomic E-state index is -2.02. The zero-order valence-electron chi connectivity index (χ0n) is 27.9. The second kappa shape index (κ2) is 17.7. The van der Waals surface area contributed by atoms with Crippen LogP contribution in [0.2, 0.25) is 0 Å². The number of methoxy groups -OCH3 is 1. The Hall–Kier alpha value is -5.90. The van der Waals surface area contributed by atoms with Crippen LogP contribution in [0.1, 0.15) is 43.0 Å². The summed E-state index contributed by atoms with van der Waals surface area (Å²) in [5, 5.41) is 14.8. The van der Waals surface area contributed by atoms with Gasteiger partial charge in [-0.3, -0.25) is 33.6 Å². The summed E-state index contributed by atoms with van der Waals surface area (Å²) in [5.41, 5.74) is 1.45. The first-order valence-electron chi connectivity index (χ1n) is 15.6. The molecule has 1 fully saturated rings. The monoisotopic (exact) mass is 720 g/mol. The molecule has 3 aromatic rings. The standard InChI is InChI=1S/C35H36N4O11S/c1-22(2)30(34(43)49-20-24-14-16-26(17-15-24)39(45)46)38-32(42)29(33(38)51(47)19-18-27(40)48-3)36-31(41)28(25-12-8-5-9-13-25)37-35(44)50-21-23-10-6-4-7-11-23/h4-17,28-29,33H,18-21H2,1-3H3,(H,36,41)(H,37,44). The largest absolute Gasteiger partial charge is 0.469 e. The van der Waals surface area contributed by atoms with Crippen LogP contribution in [0.5, 0.6) is 0 Å². The lowest BCUT2D eigenvalue weighted by atomic mass is 10.0. The van der Waals surface area contributed by atoms with E-state index >= 15 is 0 Å². The molecular formula is C35H36N4O11S. The number of amides is 3. The number of carbonyl (C=O) groups excluding carboxylic acids is 5. The second-order valence-corrected chi connectivity index (χ2v) is 13.0. The number of nitrogens with zero attached hydrogens (tertiary/aromatic N) is 2. The molecule has 4 atom stereocenters. The van der Waals surface area contributed by atoms with Crippen molar-refractivity contribution in [2.75, 3.05) is 12.9 Å². The Labute approximate surface area is 295 Å². The lowest BCUT2D eigenvalue weighted by molar-refractivity contribution is -0.384. The SMILES string of the molecule is COC(=O)CCS(=O)C1C(NC(=O)C(NC(=O)OCc2ccccc2)c2ccccc2)C(=O)N1C(C(=O)OCc1ccc([N+](=O)[O-])cc1)=C(C)C. The van der Waals surface area contributed by atoms with Crippen molar-refractivity contribution >= 4 is 46.3 Å². The van der Waals surface area contributed by atoms with Crippen molar-refractivity contribution in [3.63, 3.8) is 0 Å². The first-order valence-corrected chi connectivity index (χ1v) is 17.0. The number of likely N-dealkylation sites (tertiary alicyclic amines) is 1. The van der Waals surface area contributed by atoms with Crippen molar-refractivity contribution in [3.8, 4) is 0 Å². The first-order chi connectivity index (χ1) is 24.4. The van der Waals surface area contributed by atoms with Crippen molar-refractivity contribution in [2.45, 2.75) is 50.9 Å². The van der Waals surface area contributed by atoms with Crippen LogP contribution < -0.4 is 10.6 Å². The van der Waals surface area contributed by atoms with Gasteiger partial charge in [-0.1, -0.05) is 60.7 Å². The Bertz CT molecular complexity index is 1810. The van der Waals surface area contributed by atoms with Crippen LogP contribution in [0.25, 0.3) is 0 Å². The molecule has 15 nitrogen and oxygen atoms in total. The van der Waals surface area contributed by atoms with Crippen molar-refractivity contribution in [2.24, 2.45) is 0 Å². The van der Waals surface area contributed by atoms with Gasteiger partial charge in [-0.05, 0) is 48.2 Å². The van der Waals surface area contributed by atoms with Gasteiger partial charge in [-0.15, -0.1) is 0 Å². The third-order valence-electron chi connectivity index (χ3n) is 7.64. The van der Waals surface area contributed by atoms with Crippen molar-refractivity contribution in [1.29, 1.82) is 0 Å². The number of benzene rings is 3. The molecule has 4 rings (SSSR count). The zero-order chi connectivity index (χ0) is 37.1. The zero-order valence-corrected chi connectivity index (χ0v) is 28.8. The van der Waals surface area contributed by atoms with E-state index in [-0.39, 0.29) is 36.8 Å². The number of esters is 2. The van der Waals surface area contributed by atoms with E-state index < -0.39 is 63.0 Å². The molecule has 268 valence electrons. The summed E-state index contributed by atoms with van der Waals surface area (Å²) in [6.07, 6.45) is -1.19. The number of alkyl carbamates (subject to hydrolysis) is 1. The van der Waals surface area contributed by atoms with E-state index in [1.165, 1.54) is 38.1 Å². The Balaban J connectivity index is 1.55. The number of hydrogen-bond acceptors (Lipinski definition) is 11. The summed E-state index contributed by atoms with van der Waals surface area (Å²) in [6, 6.07) is 19.6. The molecule has 1 heterocycles. The van der Waals surface area contributed by atoms with E-state index in [0.717, 1.165) is 12.0 Å². The third-order valence-corrected chi connectivity index (χ3v) is 9.27. The van der Waals surface area contributed by atoms with E-state index in [1.54, 1.807) is 54.6 Å². The molecule has 16 heteroatoms. The molecule has 2 N–H and O–H groups in total. The van der Waals surface area contributed by atoms with Gasteiger partial charge in [-0.25, -0.2) is 9.59 Å². The van der Waals surface area contributed by atoms with Crippen molar-refractivity contribution in [3.05, 3.63) is 123 Å². The van der Waals surface area contributed by atoms with Crippen LogP contribution in [-0.2, 0) is 57.4 Å².